The van der Waals surface area contributed by atoms with Crippen LogP contribution in [0.3, 0.4) is 0 Å². The lowest BCUT2D eigenvalue weighted by molar-refractivity contribution is -0.145. The van der Waals surface area contributed by atoms with Crippen molar-refractivity contribution < 1.29 is 14.3 Å². The Bertz CT molecular complexity index is 1080. The zero-order valence-electron chi connectivity index (χ0n) is 24.0. The predicted molar refractivity (Wildman–Crippen MR) is 148 cm³/mol. The summed E-state index contributed by atoms with van der Waals surface area (Å²) in [4.78, 5) is 29.0. The van der Waals surface area contributed by atoms with Gasteiger partial charge in [0, 0.05) is 22.0 Å². The number of hydrogen-bond donors (Lipinski definition) is 4. The third-order valence-electron chi connectivity index (χ3n) is 6.69. The molecule has 2 unspecified atom stereocenters. The Balaban J connectivity index is 2.60. The Kier molecular flexibility index (Phi) is 9.06. The first kappa shape index (κ1) is 29.8. The van der Waals surface area contributed by atoms with E-state index in [1.54, 1.807) is 0 Å². The summed E-state index contributed by atoms with van der Waals surface area (Å²) in [5.41, 5.74) is 17.5. The number of amides is 1. The van der Waals surface area contributed by atoms with Gasteiger partial charge in [-0.2, -0.15) is 0 Å². The number of aromatic amines is 1. The van der Waals surface area contributed by atoms with Crippen molar-refractivity contribution in [3.8, 4) is 0 Å². The molecule has 2 rings (SSSR count). The third-order valence-corrected chi connectivity index (χ3v) is 6.69. The standard InChI is InChI=1S/C29H48N4O3/c1-27(2,3)17-14-19(28(4,5)6)23-18(24(29(7,8)9)32-22(23)15-17)16-20(31)25(34)33-21(12-11-13-30)26(35)36-10/h14-15,20-21,32H,11-13,16,30-31H2,1-10H3,(H,33,34). The van der Waals surface area contributed by atoms with Crippen molar-refractivity contribution >= 4 is 22.8 Å². The van der Waals surface area contributed by atoms with E-state index in [4.69, 9.17) is 16.2 Å². The highest BCUT2D eigenvalue weighted by molar-refractivity contribution is 5.92. The summed E-state index contributed by atoms with van der Waals surface area (Å²) in [6.07, 6.45) is 1.35. The van der Waals surface area contributed by atoms with Crippen LogP contribution >= 0.6 is 0 Å². The van der Waals surface area contributed by atoms with Crippen LogP contribution in [-0.2, 0) is 37.0 Å². The van der Waals surface area contributed by atoms with Crippen molar-refractivity contribution in [1.82, 2.24) is 10.3 Å². The average molecular weight is 501 g/mol. The highest BCUT2D eigenvalue weighted by atomic mass is 16.5. The van der Waals surface area contributed by atoms with Crippen molar-refractivity contribution in [2.75, 3.05) is 13.7 Å². The number of carbonyl (C=O) groups excluding carboxylic acids is 2. The summed E-state index contributed by atoms with van der Waals surface area (Å²) in [5, 5.41) is 3.93. The number of nitrogens with two attached hydrogens (primary N) is 2. The molecule has 202 valence electrons. The molecule has 0 fully saturated rings. The molecule has 36 heavy (non-hydrogen) atoms. The van der Waals surface area contributed by atoms with Crippen LogP contribution in [0, 0.1) is 0 Å². The van der Waals surface area contributed by atoms with Gasteiger partial charge < -0.3 is 26.5 Å². The van der Waals surface area contributed by atoms with E-state index in [1.807, 2.05) is 0 Å². The number of benzene rings is 1. The quantitative estimate of drug-likeness (QED) is 0.402. The second-order valence-electron chi connectivity index (χ2n) is 13.0. The molecule has 0 aliphatic carbocycles. The van der Waals surface area contributed by atoms with Crippen molar-refractivity contribution in [2.45, 2.75) is 110 Å². The lowest BCUT2D eigenvalue weighted by Gasteiger charge is -2.27. The summed E-state index contributed by atoms with van der Waals surface area (Å²) < 4.78 is 4.87. The Morgan fingerprint density at radius 3 is 2.08 bits per heavy atom. The predicted octanol–water partition coefficient (Wildman–Crippen LogP) is 4.33. The van der Waals surface area contributed by atoms with Crippen LogP contribution in [0.15, 0.2) is 12.1 Å². The lowest BCUT2D eigenvalue weighted by Crippen LogP contribution is -2.49. The van der Waals surface area contributed by atoms with Crippen molar-refractivity contribution in [1.29, 1.82) is 0 Å². The zero-order valence-corrected chi connectivity index (χ0v) is 24.0. The number of H-pyrrole nitrogens is 1. The number of nitrogens with one attached hydrogen (secondary N) is 2. The molecule has 2 aromatic rings. The molecule has 2 atom stereocenters. The largest absolute Gasteiger partial charge is 0.467 e. The van der Waals surface area contributed by atoms with Gasteiger partial charge in [0.2, 0.25) is 5.91 Å². The van der Waals surface area contributed by atoms with Crippen molar-refractivity contribution in [3.05, 3.63) is 34.5 Å². The fourth-order valence-corrected chi connectivity index (χ4v) is 4.57. The fraction of sp³-hybridized carbons (Fsp3) is 0.655. The van der Waals surface area contributed by atoms with E-state index < -0.39 is 18.1 Å². The first-order valence-electron chi connectivity index (χ1n) is 13.0. The van der Waals surface area contributed by atoms with Gasteiger partial charge >= 0.3 is 5.97 Å². The van der Waals surface area contributed by atoms with E-state index in [-0.39, 0.29) is 22.2 Å². The Morgan fingerprint density at radius 2 is 1.61 bits per heavy atom. The smallest absolute Gasteiger partial charge is 0.328 e. The van der Waals surface area contributed by atoms with Crippen molar-refractivity contribution in [2.24, 2.45) is 11.5 Å². The molecular formula is C29H48N4O3. The second-order valence-corrected chi connectivity index (χ2v) is 13.0. The van der Waals surface area contributed by atoms with Gasteiger partial charge in [0.05, 0.1) is 13.2 Å². The first-order chi connectivity index (χ1) is 16.4. The molecule has 1 heterocycles. The normalized spacial score (nSPS) is 14.6. The highest BCUT2D eigenvalue weighted by Crippen LogP contribution is 2.40. The zero-order chi connectivity index (χ0) is 27.6. The number of ether oxygens (including phenoxy) is 1. The summed E-state index contributed by atoms with van der Waals surface area (Å²) in [6, 6.07) is 2.94. The molecule has 0 spiro atoms. The molecule has 0 aliphatic rings. The van der Waals surface area contributed by atoms with Gasteiger partial charge in [0.25, 0.3) is 0 Å². The van der Waals surface area contributed by atoms with Gasteiger partial charge in [0.1, 0.15) is 6.04 Å². The van der Waals surface area contributed by atoms with Crippen LogP contribution in [0.4, 0.5) is 0 Å². The summed E-state index contributed by atoms with van der Waals surface area (Å²) in [7, 11) is 1.31. The average Bonchev–Trinajstić information content (AvgIpc) is 3.12. The molecule has 1 amide bonds. The molecule has 6 N–H and O–H groups in total. The number of hydrogen-bond acceptors (Lipinski definition) is 5. The molecule has 0 aliphatic heterocycles. The van der Waals surface area contributed by atoms with Gasteiger partial charge in [-0.25, -0.2) is 4.79 Å². The Labute approximate surface area is 217 Å². The maximum Gasteiger partial charge on any atom is 0.328 e. The Hall–Kier alpha value is -2.38. The van der Waals surface area contributed by atoms with E-state index in [9.17, 15) is 9.59 Å². The van der Waals surface area contributed by atoms with Crippen LogP contribution in [0.25, 0.3) is 10.9 Å². The number of carbonyl (C=O) groups is 2. The molecule has 1 aromatic heterocycles. The molecule has 1 aromatic carbocycles. The summed E-state index contributed by atoms with van der Waals surface area (Å²) in [6.45, 7) is 20.2. The van der Waals surface area contributed by atoms with Gasteiger partial charge in [-0.3, -0.25) is 4.79 Å². The van der Waals surface area contributed by atoms with Gasteiger partial charge in [-0.05, 0) is 59.4 Å². The summed E-state index contributed by atoms with van der Waals surface area (Å²) >= 11 is 0. The SMILES string of the molecule is COC(=O)C(CCCN)NC(=O)C(N)Cc1c(C(C)(C)C)[nH]c2cc(C(C)(C)C)cc(C(C)(C)C)c12. The molecule has 0 saturated carbocycles. The second kappa shape index (κ2) is 10.9. The van der Waals surface area contributed by atoms with E-state index in [0.29, 0.717) is 25.8 Å². The van der Waals surface area contributed by atoms with E-state index in [2.05, 4.69) is 84.7 Å². The van der Waals surface area contributed by atoms with Gasteiger partial charge in [0.15, 0.2) is 0 Å². The maximum atomic E-state index is 13.1. The number of methoxy groups -OCH3 is 1. The third kappa shape index (κ3) is 6.88. The first-order valence-corrected chi connectivity index (χ1v) is 13.0. The van der Waals surface area contributed by atoms with Crippen LogP contribution in [-0.4, -0.2) is 42.6 Å². The molecule has 0 saturated heterocycles. The topological polar surface area (TPSA) is 123 Å². The van der Waals surface area contributed by atoms with Gasteiger partial charge in [-0.1, -0.05) is 68.4 Å². The molecule has 7 heteroatoms. The number of fused-ring (bicyclic) bond motifs is 1. The van der Waals surface area contributed by atoms with Crippen LogP contribution in [0.5, 0.6) is 0 Å². The number of rotatable bonds is 8. The molecule has 7 nitrogen and oxygen atoms in total. The van der Waals surface area contributed by atoms with E-state index in [1.165, 1.54) is 18.2 Å². The van der Waals surface area contributed by atoms with Crippen molar-refractivity contribution in [3.63, 3.8) is 0 Å². The van der Waals surface area contributed by atoms with Gasteiger partial charge in [-0.15, -0.1) is 0 Å². The fourth-order valence-electron chi connectivity index (χ4n) is 4.57. The Morgan fingerprint density at radius 1 is 1.00 bits per heavy atom. The van der Waals surface area contributed by atoms with Crippen LogP contribution < -0.4 is 16.8 Å². The maximum absolute atomic E-state index is 13.1. The highest BCUT2D eigenvalue weighted by Gasteiger charge is 2.31. The van der Waals surface area contributed by atoms with Crippen LogP contribution in [0.2, 0.25) is 0 Å². The van der Waals surface area contributed by atoms with E-state index in [0.717, 1.165) is 22.2 Å². The molecule has 0 bridgehead atoms. The number of aromatic nitrogens is 1. The molecule has 0 radical (unpaired) electrons. The van der Waals surface area contributed by atoms with E-state index >= 15 is 0 Å². The summed E-state index contributed by atoms with van der Waals surface area (Å²) in [5.74, 6) is -0.864. The molecular weight excluding hydrogens is 452 g/mol. The number of esters is 1. The minimum Gasteiger partial charge on any atom is -0.467 e. The monoisotopic (exact) mass is 500 g/mol. The lowest BCUT2D eigenvalue weighted by atomic mass is 9.77. The van der Waals surface area contributed by atoms with Crippen LogP contribution in [0.1, 0.15) is 97.5 Å². The minimum atomic E-state index is -0.828. The minimum absolute atomic E-state index is 0.00985.